The van der Waals surface area contributed by atoms with Crippen molar-refractivity contribution in [2.45, 2.75) is 19.4 Å². The molecule has 0 aliphatic heterocycles. The summed E-state index contributed by atoms with van der Waals surface area (Å²) in [5.41, 5.74) is 1.63. The monoisotopic (exact) mass is 334 g/mol. The molecule has 0 spiro atoms. The van der Waals surface area contributed by atoms with Crippen LogP contribution in [0.25, 0.3) is 0 Å². The van der Waals surface area contributed by atoms with Gasteiger partial charge in [0.05, 0.1) is 5.56 Å². The van der Waals surface area contributed by atoms with Crippen molar-refractivity contribution in [3.63, 3.8) is 0 Å². The molecule has 5 heteroatoms. The van der Waals surface area contributed by atoms with E-state index < -0.39 is 0 Å². The fourth-order valence-corrected chi connectivity index (χ4v) is 2.33. The van der Waals surface area contributed by atoms with Crippen LogP contribution < -0.4 is 5.32 Å². The summed E-state index contributed by atoms with van der Waals surface area (Å²) in [4.78, 5) is 16.0. The molecule has 1 heterocycles. The van der Waals surface area contributed by atoms with Crippen LogP contribution >= 0.6 is 15.9 Å². The lowest BCUT2D eigenvalue weighted by Crippen LogP contribution is -2.34. The normalized spacial score (nSPS) is 11.9. The molecular weight excluding hydrogens is 320 g/mol. The molecule has 2 aromatic rings. The number of pyridine rings is 1. The number of phenolic OH excluding ortho intramolecular Hbond substituents is 1. The molecule has 1 atom stereocenters. The Morgan fingerprint density at radius 2 is 2.05 bits per heavy atom. The largest absolute Gasteiger partial charge is 0.508 e. The highest BCUT2D eigenvalue weighted by molar-refractivity contribution is 9.10. The van der Waals surface area contributed by atoms with E-state index in [1.165, 1.54) is 0 Å². The summed E-state index contributed by atoms with van der Waals surface area (Å²) >= 11 is 3.31. The number of rotatable bonds is 4. The van der Waals surface area contributed by atoms with Gasteiger partial charge >= 0.3 is 0 Å². The molecule has 1 unspecified atom stereocenters. The van der Waals surface area contributed by atoms with Crippen molar-refractivity contribution in [3.8, 4) is 5.75 Å². The number of hydrogen-bond donors (Lipinski definition) is 2. The van der Waals surface area contributed by atoms with Crippen LogP contribution in [0.15, 0.2) is 47.2 Å². The number of amides is 1. The van der Waals surface area contributed by atoms with Gasteiger partial charge in [0.2, 0.25) is 0 Å². The second kappa shape index (κ2) is 6.52. The van der Waals surface area contributed by atoms with Gasteiger partial charge in [-0.25, -0.2) is 0 Å². The maximum absolute atomic E-state index is 12.1. The van der Waals surface area contributed by atoms with Crippen LogP contribution in [0.5, 0.6) is 5.75 Å². The van der Waals surface area contributed by atoms with Crippen molar-refractivity contribution in [1.82, 2.24) is 10.3 Å². The van der Waals surface area contributed by atoms with Crippen molar-refractivity contribution in [2.24, 2.45) is 0 Å². The first-order valence-corrected chi connectivity index (χ1v) is 7.04. The van der Waals surface area contributed by atoms with E-state index in [-0.39, 0.29) is 17.7 Å². The lowest BCUT2D eigenvalue weighted by atomic mass is 10.1. The molecule has 2 N–H and O–H groups in total. The third-order valence-corrected chi connectivity index (χ3v) is 3.50. The van der Waals surface area contributed by atoms with Crippen LogP contribution in [-0.2, 0) is 6.42 Å². The Bertz CT molecular complexity index is 599. The minimum atomic E-state index is -0.134. The number of carbonyl (C=O) groups is 1. The van der Waals surface area contributed by atoms with E-state index in [2.05, 4.69) is 26.2 Å². The van der Waals surface area contributed by atoms with Crippen LogP contribution in [0.3, 0.4) is 0 Å². The second-order valence-electron chi connectivity index (χ2n) is 4.60. The molecule has 20 heavy (non-hydrogen) atoms. The maximum Gasteiger partial charge on any atom is 0.252 e. The summed E-state index contributed by atoms with van der Waals surface area (Å²) in [5, 5.41) is 12.2. The molecule has 0 saturated heterocycles. The van der Waals surface area contributed by atoms with E-state index in [0.29, 0.717) is 16.5 Å². The van der Waals surface area contributed by atoms with Crippen molar-refractivity contribution in [1.29, 1.82) is 0 Å². The predicted molar refractivity (Wildman–Crippen MR) is 80.7 cm³/mol. The van der Waals surface area contributed by atoms with Crippen molar-refractivity contribution in [3.05, 3.63) is 58.3 Å². The Morgan fingerprint density at radius 1 is 1.35 bits per heavy atom. The van der Waals surface area contributed by atoms with Gasteiger partial charge in [-0.15, -0.1) is 0 Å². The summed E-state index contributed by atoms with van der Waals surface area (Å²) in [5.74, 6) is 0.108. The first-order chi connectivity index (χ1) is 9.56. The first kappa shape index (κ1) is 14.5. The standard InChI is InChI=1S/C15H15BrN2O2/c1-10(8-11-2-4-12(19)5-3-11)18-15(20)13-6-7-17-9-14(13)16/h2-7,9-10,19H,8H2,1H3,(H,18,20). The average molecular weight is 335 g/mol. The van der Waals surface area contributed by atoms with Crippen LogP contribution in [0.2, 0.25) is 0 Å². The van der Waals surface area contributed by atoms with Gasteiger partial charge in [-0.3, -0.25) is 9.78 Å². The van der Waals surface area contributed by atoms with E-state index in [1.807, 2.05) is 19.1 Å². The number of hydrogen-bond acceptors (Lipinski definition) is 3. The van der Waals surface area contributed by atoms with Crippen LogP contribution in [0, 0.1) is 0 Å². The molecular formula is C15H15BrN2O2. The molecule has 0 bridgehead atoms. The minimum Gasteiger partial charge on any atom is -0.508 e. The molecule has 4 nitrogen and oxygen atoms in total. The quantitative estimate of drug-likeness (QED) is 0.903. The minimum absolute atomic E-state index is 0.00731. The zero-order valence-corrected chi connectivity index (χ0v) is 12.6. The molecule has 2 rings (SSSR count). The molecule has 0 aliphatic carbocycles. The summed E-state index contributed by atoms with van der Waals surface area (Å²) in [6.07, 6.45) is 3.89. The molecule has 0 saturated carbocycles. The maximum atomic E-state index is 12.1. The van der Waals surface area contributed by atoms with E-state index in [9.17, 15) is 9.90 Å². The summed E-state index contributed by atoms with van der Waals surface area (Å²) in [7, 11) is 0. The highest BCUT2D eigenvalue weighted by Gasteiger charge is 2.13. The number of nitrogens with one attached hydrogen (secondary N) is 1. The smallest absolute Gasteiger partial charge is 0.252 e. The second-order valence-corrected chi connectivity index (χ2v) is 5.45. The van der Waals surface area contributed by atoms with Gasteiger partial charge in [-0.1, -0.05) is 12.1 Å². The molecule has 0 aliphatic rings. The molecule has 1 aromatic carbocycles. The van der Waals surface area contributed by atoms with E-state index in [0.717, 1.165) is 5.56 Å². The summed E-state index contributed by atoms with van der Waals surface area (Å²) in [6.45, 7) is 1.94. The highest BCUT2D eigenvalue weighted by Crippen LogP contribution is 2.15. The van der Waals surface area contributed by atoms with Crippen molar-refractivity contribution < 1.29 is 9.90 Å². The average Bonchev–Trinajstić information content (AvgIpc) is 2.41. The Morgan fingerprint density at radius 3 is 2.70 bits per heavy atom. The van der Waals surface area contributed by atoms with Gasteiger partial charge in [-0.2, -0.15) is 0 Å². The topological polar surface area (TPSA) is 62.2 Å². The number of aromatic hydroxyl groups is 1. The number of carbonyl (C=O) groups excluding carboxylic acids is 1. The Balaban J connectivity index is 1.98. The van der Waals surface area contributed by atoms with E-state index in [1.54, 1.807) is 30.6 Å². The first-order valence-electron chi connectivity index (χ1n) is 6.24. The molecule has 0 radical (unpaired) electrons. The summed E-state index contributed by atoms with van der Waals surface area (Å²) < 4.78 is 0.675. The van der Waals surface area contributed by atoms with Crippen LogP contribution in [0.4, 0.5) is 0 Å². The Kier molecular flexibility index (Phi) is 4.74. The zero-order chi connectivity index (χ0) is 14.5. The predicted octanol–water partition coefficient (Wildman–Crippen LogP) is 2.91. The number of benzene rings is 1. The van der Waals surface area contributed by atoms with Crippen LogP contribution in [0.1, 0.15) is 22.8 Å². The van der Waals surface area contributed by atoms with Crippen LogP contribution in [-0.4, -0.2) is 22.0 Å². The van der Waals surface area contributed by atoms with Gasteiger partial charge < -0.3 is 10.4 Å². The third kappa shape index (κ3) is 3.81. The number of phenols is 1. The molecule has 104 valence electrons. The highest BCUT2D eigenvalue weighted by atomic mass is 79.9. The molecule has 1 amide bonds. The van der Waals surface area contributed by atoms with Crippen molar-refractivity contribution >= 4 is 21.8 Å². The van der Waals surface area contributed by atoms with E-state index in [4.69, 9.17) is 0 Å². The fraction of sp³-hybridized carbons (Fsp3) is 0.200. The van der Waals surface area contributed by atoms with Gasteiger partial charge in [0.15, 0.2) is 0 Å². The van der Waals surface area contributed by atoms with E-state index >= 15 is 0 Å². The van der Waals surface area contributed by atoms with Gasteiger partial charge in [-0.05, 0) is 53.0 Å². The van der Waals surface area contributed by atoms with Gasteiger partial charge in [0, 0.05) is 22.9 Å². The molecule has 0 fully saturated rings. The SMILES string of the molecule is CC(Cc1ccc(O)cc1)NC(=O)c1ccncc1Br. The number of aromatic nitrogens is 1. The Labute approximate surface area is 126 Å². The zero-order valence-electron chi connectivity index (χ0n) is 11.0. The third-order valence-electron chi connectivity index (χ3n) is 2.87. The number of nitrogens with zero attached hydrogens (tertiary/aromatic N) is 1. The summed E-state index contributed by atoms with van der Waals surface area (Å²) in [6, 6.07) is 8.65. The lowest BCUT2D eigenvalue weighted by Gasteiger charge is -2.14. The van der Waals surface area contributed by atoms with Gasteiger partial charge in [0.25, 0.3) is 5.91 Å². The van der Waals surface area contributed by atoms with Crippen molar-refractivity contribution in [2.75, 3.05) is 0 Å². The number of halogens is 1. The van der Waals surface area contributed by atoms with Gasteiger partial charge in [0.1, 0.15) is 5.75 Å². The fourth-order valence-electron chi connectivity index (χ4n) is 1.90. The lowest BCUT2D eigenvalue weighted by molar-refractivity contribution is 0.0939. The Hall–Kier alpha value is -1.88. The molecule has 1 aromatic heterocycles.